The van der Waals surface area contributed by atoms with Crippen molar-refractivity contribution in [3.05, 3.63) is 24.3 Å². The van der Waals surface area contributed by atoms with Crippen molar-refractivity contribution < 1.29 is 14.2 Å². The highest BCUT2D eigenvalue weighted by molar-refractivity contribution is 5.49. The number of ether oxygens (including phenoxy) is 3. The van der Waals surface area contributed by atoms with E-state index in [0.717, 1.165) is 58.2 Å². The van der Waals surface area contributed by atoms with E-state index in [1.54, 1.807) is 14.2 Å². The van der Waals surface area contributed by atoms with E-state index in [2.05, 4.69) is 33.9 Å². The second-order valence-electron chi connectivity index (χ2n) is 6.46. The summed E-state index contributed by atoms with van der Waals surface area (Å²) in [6.45, 7) is 9.60. The third kappa shape index (κ3) is 7.20. The molecule has 0 spiro atoms. The molecule has 0 unspecified atom stereocenters. The Bertz CT molecular complexity index is 461. The van der Waals surface area contributed by atoms with Gasteiger partial charge in [-0.15, -0.1) is 0 Å². The summed E-state index contributed by atoms with van der Waals surface area (Å²) in [5, 5.41) is 0. The number of hydrogen-bond acceptors (Lipinski definition) is 6. The molecule has 0 bridgehead atoms. The maximum absolute atomic E-state index is 5.62. The molecule has 1 fully saturated rings. The van der Waals surface area contributed by atoms with Crippen molar-refractivity contribution in [2.24, 2.45) is 0 Å². The summed E-state index contributed by atoms with van der Waals surface area (Å²) < 4.78 is 15.7. The van der Waals surface area contributed by atoms with Gasteiger partial charge in [-0.3, -0.25) is 4.90 Å². The Balaban J connectivity index is 1.69. The first-order chi connectivity index (χ1) is 12.2. The lowest BCUT2D eigenvalue weighted by Gasteiger charge is -2.36. The van der Waals surface area contributed by atoms with Gasteiger partial charge < -0.3 is 24.0 Å². The van der Waals surface area contributed by atoms with Gasteiger partial charge in [0, 0.05) is 65.7 Å². The van der Waals surface area contributed by atoms with Gasteiger partial charge in [-0.05, 0) is 31.3 Å². The molecule has 0 atom stereocenters. The van der Waals surface area contributed by atoms with E-state index in [9.17, 15) is 0 Å². The molecule has 1 aromatic rings. The Hall–Kier alpha value is -1.34. The molecule has 0 amide bonds. The lowest BCUT2D eigenvalue weighted by molar-refractivity contribution is 0.146. The quantitative estimate of drug-likeness (QED) is 0.561. The van der Waals surface area contributed by atoms with E-state index in [0.29, 0.717) is 13.2 Å². The van der Waals surface area contributed by atoms with Gasteiger partial charge in [-0.2, -0.15) is 0 Å². The average Bonchev–Trinajstić information content (AvgIpc) is 2.66. The molecule has 1 aromatic carbocycles. The summed E-state index contributed by atoms with van der Waals surface area (Å²) in [5.74, 6) is 0.901. The van der Waals surface area contributed by atoms with Gasteiger partial charge in [0.15, 0.2) is 0 Å². The number of likely N-dealkylation sites (N-methyl/N-ethyl adjacent to an activating group) is 1. The molecule has 1 aliphatic heterocycles. The average molecular weight is 351 g/mol. The summed E-state index contributed by atoms with van der Waals surface area (Å²) >= 11 is 0. The van der Waals surface area contributed by atoms with Crippen molar-refractivity contribution >= 4 is 5.69 Å². The van der Waals surface area contributed by atoms with E-state index < -0.39 is 0 Å². The molecule has 1 saturated heterocycles. The highest BCUT2D eigenvalue weighted by Gasteiger charge is 2.17. The minimum Gasteiger partial charge on any atom is -0.491 e. The van der Waals surface area contributed by atoms with E-state index in [-0.39, 0.29) is 0 Å². The van der Waals surface area contributed by atoms with Crippen LogP contribution in [-0.2, 0) is 9.47 Å². The van der Waals surface area contributed by atoms with Crippen molar-refractivity contribution in [2.75, 3.05) is 91.8 Å². The van der Waals surface area contributed by atoms with Gasteiger partial charge in [0.25, 0.3) is 0 Å². The van der Waals surface area contributed by atoms with E-state index in [1.807, 2.05) is 12.1 Å². The summed E-state index contributed by atoms with van der Waals surface area (Å²) in [6, 6.07) is 8.39. The number of hydrogen-bond donors (Lipinski definition) is 0. The summed E-state index contributed by atoms with van der Waals surface area (Å²) in [5.41, 5.74) is 1.27. The fourth-order valence-corrected chi connectivity index (χ4v) is 2.90. The number of methoxy groups -OCH3 is 2. The Morgan fingerprint density at radius 2 is 1.56 bits per heavy atom. The maximum atomic E-state index is 5.62. The second kappa shape index (κ2) is 11.3. The normalized spacial score (nSPS) is 15.8. The Labute approximate surface area is 152 Å². The molecule has 0 radical (unpaired) electrons. The molecule has 142 valence electrons. The third-order valence-electron chi connectivity index (χ3n) is 4.61. The predicted molar refractivity (Wildman–Crippen MR) is 102 cm³/mol. The molecule has 0 saturated carbocycles. The third-order valence-corrected chi connectivity index (χ3v) is 4.61. The molecule has 1 heterocycles. The minimum atomic E-state index is 0.591. The van der Waals surface area contributed by atoms with Crippen molar-refractivity contribution in [3.63, 3.8) is 0 Å². The SMILES string of the molecule is COCCOc1ccc(N2CCN(CCN(C)CCOC)CC2)cc1. The van der Waals surface area contributed by atoms with Crippen molar-refractivity contribution in [1.29, 1.82) is 0 Å². The van der Waals surface area contributed by atoms with Crippen LogP contribution in [0.5, 0.6) is 5.75 Å². The van der Waals surface area contributed by atoms with Crippen molar-refractivity contribution in [2.45, 2.75) is 0 Å². The topological polar surface area (TPSA) is 37.4 Å². The first kappa shape index (κ1) is 20.0. The number of rotatable bonds is 11. The molecular weight excluding hydrogens is 318 g/mol. The van der Waals surface area contributed by atoms with Crippen LogP contribution in [0.2, 0.25) is 0 Å². The lowest BCUT2D eigenvalue weighted by Crippen LogP contribution is -2.48. The van der Waals surface area contributed by atoms with Crippen LogP contribution in [0.15, 0.2) is 24.3 Å². The summed E-state index contributed by atoms with van der Waals surface area (Å²) in [6.07, 6.45) is 0. The van der Waals surface area contributed by atoms with Crippen molar-refractivity contribution in [1.82, 2.24) is 9.80 Å². The van der Waals surface area contributed by atoms with E-state index in [1.165, 1.54) is 5.69 Å². The molecule has 0 aromatic heterocycles. The molecule has 2 rings (SSSR count). The first-order valence-electron chi connectivity index (χ1n) is 9.09. The van der Waals surface area contributed by atoms with Crippen LogP contribution in [0.25, 0.3) is 0 Å². The van der Waals surface area contributed by atoms with Crippen LogP contribution < -0.4 is 9.64 Å². The highest BCUT2D eigenvalue weighted by atomic mass is 16.5. The van der Waals surface area contributed by atoms with Crippen LogP contribution in [0.1, 0.15) is 0 Å². The number of benzene rings is 1. The van der Waals surface area contributed by atoms with Crippen LogP contribution >= 0.6 is 0 Å². The monoisotopic (exact) mass is 351 g/mol. The van der Waals surface area contributed by atoms with Crippen LogP contribution in [0.4, 0.5) is 5.69 Å². The van der Waals surface area contributed by atoms with Gasteiger partial charge in [-0.1, -0.05) is 0 Å². The van der Waals surface area contributed by atoms with Gasteiger partial charge in [0.1, 0.15) is 12.4 Å². The Morgan fingerprint density at radius 1 is 0.880 bits per heavy atom. The van der Waals surface area contributed by atoms with Crippen LogP contribution in [0.3, 0.4) is 0 Å². The van der Waals surface area contributed by atoms with Gasteiger partial charge >= 0.3 is 0 Å². The lowest BCUT2D eigenvalue weighted by atomic mass is 10.2. The maximum Gasteiger partial charge on any atom is 0.119 e. The zero-order valence-electron chi connectivity index (χ0n) is 15.9. The largest absolute Gasteiger partial charge is 0.491 e. The van der Waals surface area contributed by atoms with Gasteiger partial charge in [0.05, 0.1) is 13.2 Å². The Kier molecular flexibility index (Phi) is 9.04. The first-order valence-corrected chi connectivity index (χ1v) is 9.09. The predicted octanol–water partition coefficient (Wildman–Crippen LogP) is 1.41. The zero-order valence-corrected chi connectivity index (χ0v) is 15.9. The Morgan fingerprint density at radius 3 is 2.20 bits per heavy atom. The summed E-state index contributed by atoms with van der Waals surface area (Å²) in [4.78, 5) is 7.32. The highest BCUT2D eigenvalue weighted by Crippen LogP contribution is 2.20. The number of anilines is 1. The molecule has 6 heteroatoms. The van der Waals surface area contributed by atoms with Crippen LogP contribution in [-0.4, -0.2) is 96.7 Å². The number of piperazine rings is 1. The van der Waals surface area contributed by atoms with Crippen molar-refractivity contribution in [3.8, 4) is 5.75 Å². The van der Waals surface area contributed by atoms with Crippen LogP contribution in [0, 0.1) is 0 Å². The number of nitrogens with zero attached hydrogens (tertiary/aromatic N) is 3. The smallest absolute Gasteiger partial charge is 0.119 e. The van der Waals surface area contributed by atoms with Gasteiger partial charge in [-0.25, -0.2) is 0 Å². The minimum absolute atomic E-state index is 0.591. The molecule has 25 heavy (non-hydrogen) atoms. The fraction of sp³-hybridized carbons (Fsp3) is 0.684. The second-order valence-corrected chi connectivity index (χ2v) is 6.46. The molecule has 0 N–H and O–H groups in total. The van der Waals surface area contributed by atoms with E-state index >= 15 is 0 Å². The zero-order chi connectivity index (χ0) is 17.9. The molecule has 1 aliphatic rings. The van der Waals surface area contributed by atoms with Gasteiger partial charge in [0.2, 0.25) is 0 Å². The molecular formula is C19H33N3O3. The fourth-order valence-electron chi connectivity index (χ4n) is 2.90. The molecule has 0 aliphatic carbocycles. The molecule has 6 nitrogen and oxygen atoms in total. The summed E-state index contributed by atoms with van der Waals surface area (Å²) in [7, 11) is 5.60. The van der Waals surface area contributed by atoms with E-state index in [4.69, 9.17) is 14.2 Å². The standard InChI is InChI=1S/C19H33N3O3/c1-20(14-15-23-2)8-9-21-10-12-22(13-11-21)18-4-6-19(7-5-18)25-17-16-24-3/h4-7H,8-17H2,1-3H3.